The summed E-state index contributed by atoms with van der Waals surface area (Å²) in [7, 11) is 0. The topological polar surface area (TPSA) is 99.3 Å². The van der Waals surface area contributed by atoms with Crippen LogP contribution in [-0.4, -0.2) is 59.0 Å². The van der Waals surface area contributed by atoms with Crippen LogP contribution in [0, 0.1) is 5.82 Å². The molecule has 194 valence electrons. The smallest absolute Gasteiger partial charge is 0.261 e. The number of fused-ring (bicyclic) bond motifs is 2. The monoisotopic (exact) mass is 526 g/mol. The molecular weight excluding hydrogens is 505 g/mol. The Kier molecular flexibility index (Phi) is 5.41. The summed E-state index contributed by atoms with van der Waals surface area (Å²) in [6.07, 6.45) is 6.52. The second kappa shape index (κ2) is 8.98. The van der Waals surface area contributed by atoms with E-state index in [1.54, 1.807) is 29.7 Å². The van der Waals surface area contributed by atoms with E-state index < -0.39 is 11.7 Å². The third-order valence-corrected chi connectivity index (χ3v) is 6.94. The van der Waals surface area contributed by atoms with E-state index in [0.717, 1.165) is 11.1 Å². The normalized spacial score (nSPS) is 15.5. The highest BCUT2D eigenvalue weighted by molar-refractivity contribution is 5.97. The molecule has 39 heavy (non-hydrogen) atoms. The van der Waals surface area contributed by atoms with E-state index >= 15 is 4.39 Å². The van der Waals surface area contributed by atoms with E-state index in [2.05, 4.69) is 30.1 Å². The summed E-state index contributed by atoms with van der Waals surface area (Å²) in [6, 6.07) is 12.5. The molecule has 1 aliphatic rings. The minimum Gasteiger partial charge on any atom is -0.337 e. The minimum atomic E-state index is -2.66. The quantitative estimate of drug-likeness (QED) is 0.303. The molecule has 0 atom stereocenters. The lowest BCUT2D eigenvalue weighted by atomic mass is 10.0. The first-order valence-corrected chi connectivity index (χ1v) is 12.4. The summed E-state index contributed by atoms with van der Waals surface area (Å²) < 4.78 is 42.5. The van der Waals surface area contributed by atoms with Crippen molar-refractivity contribution in [3.8, 4) is 34.0 Å². The molecule has 5 aromatic heterocycles. The number of hydrogen-bond donors (Lipinski definition) is 2. The first-order valence-electron chi connectivity index (χ1n) is 12.4. The molecule has 0 amide bonds. The van der Waals surface area contributed by atoms with E-state index in [1.165, 1.54) is 6.07 Å². The first kappa shape index (κ1) is 23.5. The molecule has 1 aliphatic heterocycles. The van der Waals surface area contributed by atoms with Crippen molar-refractivity contribution in [2.75, 3.05) is 13.1 Å². The number of aromatic nitrogens is 7. The predicted molar refractivity (Wildman–Crippen MR) is 140 cm³/mol. The van der Waals surface area contributed by atoms with E-state index in [1.807, 2.05) is 36.4 Å². The van der Waals surface area contributed by atoms with Crippen LogP contribution >= 0.6 is 0 Å². The molecule has 0 saturated carbocycles. The maximum absolute atomic E-state index is 15.2. The fourth-order valence-corrected chi connectivity index (χ4v) is 5.10. The summed E-state index contributed by atoms with van der Waals surface area (Å²) in [5.41, 5.74) is 5.47. The van der Waals surface area contributed by atoms with E-state index in [4.69, 9.17) is 4.98 Å². The number of halogens is 3. The van der Waals surface area contributed by atoms with Gasteiger partial charge in [0.05, 0.1) is 17.8 Å². The molecular formula is C28H21F3N8. The molecule has 1 aromatic carbocycles. The van der Waals surface area contributed by atoms with Crippen LogP contribution in [-0.2, 0) is 6.54 Å². The standard InChI is InChI=1S/C28H21F3N8/c29-20-11-17(18-9-16(12-32-13-18)14-39-8-5-28(30,31)15-39)10-19-23(20)37-38-24(19)27-35-22-4-7-34-25(26(22)36-27)21-3-1-2-6-33-21/h1-4,6-7,9-13H,5,8,14-15H2,(H,35,36)(H,37,38). The number of hydrogen-bond acceptors (Lipinski definition) is 6. The average Bonchev–Trinajstić information content (AvgIpc) is 3.65. The Bertz CT molecular complexity index is 1830. The van der Waals surface area contributed by atoms with Crippen molar-refractivity contribution < 1.29 is 13.2 Å². The van der Waals surface area contributed by atoms with Crippen molar-refractivity contribution in [1.82, 2.24) is 40.0 Å². The maximum Gasteiger partial charge on any atom is 0.261 e. The Morgan fingerprint density at radius 2 is 1.90 bits per heavy atom. The number of aromatic amines is 2. The van der Waals surface area contributed by atoms with Crippen molar-refractivity contribution in [3.63, 3.8) is 0 Å². The molecule has 11 heteroatoms. The molecule has 0 radical (unpaired) electrons. The van der Waals surface area contributed by atoms with Gasteiger partial charge >= 0.3 is 0 Å². The van der Waals surface area contributed by atoms with Gasteiger partial charge in [0.25, 0.3) is 5.92 Å². The van der Waals surface area contributed by atoms with Gasteiger partial charge in [-0.05, 0) is 47.5 Å². The molecule has 7 rings (SSSR count). The van der Waals surface area contributed by atoms with Gasteiger partial charge in [-0.15, -0.1) is 0 Å². The number of rotatable bonds is 5. The summed E-state index contributed by atoms with van der Waals surface area (Å²) in [5.74, 6) is -2.68. The zero-order valence-corrected chi connectivity index (χ0v) is 20.5. The van der Waals surface area contributed by atoms with Crippen molar-refractivity contribution in [2.24, 2.45) is 0 Å². The van der Waals surface area contributed by atoms with Crippen molar-refractivity contribution >= 4 is 21.9 Å². The molecule has 0 spiro atoms. The fraction of sp³-hybridized carbons (Fsp3) is 0.179. The summed E-state index contributed by atoms with van der Waals surface area (Å²) in [5, 5.41) is 7.66. The number of benzene rings is 1. The van der Waals surface area contributed by atoms with Gasteiger partial charge in [0.2, 0.25) is 0 Å². The number of nitrogens with one attached hydrogen (secondary N) is 2. The Hall–Kier alpha value is -4.64. The third kappa shape index (κ3) is 4.30. The van der Waals surface area contributed by atoms with Crippen LogP contribution in [0.15, 0.2) is 67.3 Å². The second-order valence-corrected chi connectivity index (χ2v) is 9.71. The molecule has 1 fully saturated rings. The Labute approximate surface area is 220 Å². The SMILES string of the molecule is Fc1cc(-c2cncc(CN3CCC(F)(F)C3)c2)cc2c(-c3nc4c(-c5ccccn5)nccc4[nH]3)[nH]nc12. The Balaban J connectivity index is 1.27. The van der Waals surface area contributed by atoms with Crippen molar-refractivity contribution in [3.05, 3.63) is 78.6 Å². The molecule has 1 saturated heterocycles. The minimum absolute atomic E-state index is 0.146. The molecule has 6 aromatic rings. The maximum atomic E-state index is 15.2. The third-order valence-electron chi connectivity index (χ3n) is 6.94. The van der Waals surface area contributed by atoms with Gasteiger partial charge in [0, 0.05) is 55.2 Å². The largest absolute Gasteiger partial charge is 0.337 e. The van der Waals surface area contributed by atoms with Gasteiger partial charge in [-0.1, -0.05) is 6.07 Å². The molecule has 0 aliphatic carbocycles. The zero-order chi connectivity index (χ0) is 26.6. The Morgan fingerprint density at radius 1 is 0.974 bits per heavy atom. The van der Waals surface area contributed by atoms with Gasteiger partial charge in [-0.25, -0.2) is 18.2 Å². The summed E-state index contributed by atoms with van der Waals surface area (Å²) >= 11 is 0. The first-order chi connectivity index (χ1) is 18.9. The lowest BCUT2D eigenvalue weighted by Gasteiger charge is -2.15. The highest BCUT2D eigenvalue weighted by atomic mass is 19.3. The summed E-state index contributed by atoms with van der Waals surface area (Å²) in [6.45, 7) is 0.403. The van der Waals surface area contributed by atoms with Crippen LogP contribution in [0.1, 0.15) is 12.0 Å². The highest BCUT2D eigenvalue weighted by Gasteiger charge is 2.37. The number of H-pyrrole nitrogens is 2. The zero-order valence-electron chi connectivity index (χ0n) is 20.5. The van der Waals surface area contributed by atoms with Gasteiger partial charge in [-0.2, -0.15) is 5.10 Å². The molecule has 6 heterocycles. The van der Waals surface area contributed by atoms with E-state index in [0.29, 0.717) is 58.0 Å². The van der Waals surface area contributed by atoms with Crippen LogP contribution in [0.3, 0.4) is 0 Å². The second-order valence-electron chi connectivity index (χ2n) is 9.71. The molecule has 0 unspecified atom stereocenters. The van der Waals surface area contributed by atoms with Crippen LogP contribution < -0.4 is 0 Å². The van der Waals surface area contributed by atoms with Crippen LogP contribution in [0.25, 0.3) is 56.0 Å². The van der Waals surface area contributed by atoms with Gasteiger partial charge in [0.1, 0.15) is 22.4 Å². The number of alkyl halides is 2. The highest BCUT2D eigenvalue weighted by Crippen LogP contribution is 2.34. The lowest BCUT2D eigenvalue weighted by Crippen LogP contribution is -2.24. The van der Waals surface area contributed by atoms with Crippen LogP contribution in [0.4, 0.5) is 13.2 Å². The van der Waals surface area contributed by atoms with Crippen molar-refractivity contribution in [2.45, 2.75) is 18.9 Å². The fourth-order valence-electron chi connectivity index (χ4n) is 5.10. The van der Waals surface area contributed by atoms with Crippen LogP contribution in [0.2, 0.25) is 0 Å². The van der Waals surface area contributed by atoms with E-state index in [9.17, 15) is 8.78 Å². The Morgan fingerprint density at radius 3 is 2.72 bits per heavy atom. The van der Waals surface area contributed by atoms with Gasteiger partial charge in [0.15, 0.2) is 11.6 Å². The molecule has 8 nitrogen and oxygen atoms in total. The van der Waals surface area contributed by atoms with E-state index in [-0.39, 0.29) is 18.5 Å². The predicted octanol–water partition coefficient (Wildman–Crippen LogP) is 5.61. The van der Waals surface area contributed by atoms with Crippen LogP contribution in [0.5, 0.6) is 0 Å². The lowest BCUT2D eigenvalue weighted by molar-refractivity contribution is 0.0115. The molecule has 0 bridgehead atoms. The number of nitrogens with zero attached hydrogens (tertiary/aromatic N) is 6. The number of likely N-dealkylation sites (tertiary alicyclic amines) is 1. The summed E-state index contributed by atoms with van der Waals surface area (Å²) in [4.78, 5) is 22.9. The number of pyridine rings is 3. The van der Waals surface area contributed by atoms with Crippen molar-refractivity contribution in [1.29, 1.82) is 0 Å². The van der Waals surface area contributed by atoms with Gasteiger partial charge in [-0.3, -0.25) is 25.0 Å². The average molecular weight is 527 g/mol. The molecule has 2 N–H and O–H groups in total. The number of imidazole rings is 1. The van der Waals surface area contributed by atoms with Gasteiger partial charge < -0.3 is 4.98 Å².